The van der Waals surface area contributed by atoms with E-state index in [1.54, 1.807) is 0 Å². The van der Waals surface area contributed by atoms with Crippen molar-refractivity contribution in [2.24, 2.45) is 0 Å². The number of rotatable bonds is 5. The van der Waals surface area contributed by atoms with Gasteiger partial charge < -0.3 is 14.0 Å². The van der Waals surface area contributed by atoms with Gasteiger partial charge in [0.1, 0.15) is 5.75 Å². The molecule has 0 spiro atoms. The Hall–Kier alpha value is -2.32. The van der Waals surface area contributed by atoms with Crippen LogP contribution in [0.25, 0.3) is 11.2 Å². The third kappa shape index (κ3) is 3.02. The molecule has 3 rings (SSSR count). The number of hydrogen-bond donors (Lipinski definition) is 1. The Morgan fingerprint density at radius 1 is 1.33 bits per heavy atom. The molecule has 7 nitrogen and oxygen atoms in total. The van der Waals surface area contributed by atoms with Crippen LogP contribution in [0, 0.1) is 13.8 Å². The van der Waals surface area contributed by atoms with Crippen LogP contribution in [0.2, 0.25) is 1.41 Å². The molecule has 0 fully saturated rings. The van der Waals surface area contributed by atoms with E-state index < -0.39 is 25.3 Å². The van der Waals surface area contributed by atoms with Crippen LogP contribution in [-0.4, -0.2) is 38.6 Å². The minimum absolute atomic E-state index is 0.0358. The lowest BCUT2D eigenvalue weighted by molar-refractivity contribution is 0.399. The number of nitrogens with one attached hydrogen (secondary N) is 1. The van der Waals surface area contributed by atoms with E-state index in [2.05, 4.69) is 15.0 Å². The Balaban J connectivity index is 1.95. The molecule has 3 heterocycles. The number of hydrogen-bond acceptors (Lipinski definition) is 6. The van der Waals surface area contributed by atoms with E-state index in [9.17, 15) is 4.55 Å². The standard InChI is InChI=1S/C16H18N4O3S/c1-9-7-17-12(10(2)14(9)23-4)8-24(21)16-18-11-5-6-13(22-3)19-15(11)20-16/h5-7H,8H2,1-4H3,(H,18,19,20)/i3D3,4D3,7D/hD. The van der Waals surface area contributed by atoms with Crippen molar-refractivity contribution in [3.05, 3.63) is 35.1 Å². The van der Waals surface area contributed by atoms with Crippen LogP contribution in [-0.2, 0) is 16.9 Å². The van der Waals surface area contributed by atoms with Crippen molar-refractivity contribution in [3.8, 4) is 11.6 Å². The molecule has 126 valence electrons. The quantitative estimate of drug-likeness (QED) is 0.706. The summed E-state index contributed by atoms with van der Waals surface area (Å²) >= 11 is -1.93. The number of pyridine rings is 2. The zero-order chi connectivity index (χ0) is 24.0. The minimum atomic E-state index is -2.74. The number of fused-ring (bicyclic) bond motifs is 1. The van der Waals surface area contributed by atoms with Crippen LogP contribution >= 0.6 is 0 Å². The first-order valence-corrected chi connectivity index (χ1v) is 8.10. The predicted molar refractivity (Wildman–Crippen MR) is 90.8 cm³/mol. The molecule has 0 amide bonds. The zero-order valence-corrected chi connectivity index (χ0v) is 13.6. The van der Waals surface area contributed by atoms with E-state index in [0.29, 0.717) is 5.56 Å². The summed E-state index contributed by atoms with van der Waals surface area (Å²) in [6, 6.07) is 2.62. The number of aromatic nitrogens is 4. The molecule has 3 aromatic rings. The van der Waals surface area contributed by atoms with Gasteiger partial charge in [-0.15, -0.1) is 0 Å². The fourth-order valence-electron chi connectivity index (χ4n) is 2.15. The van der Waals surface area contributed by atoms with Crippen LogP contribution in [0.3, 0.4) is 0 Å². The summed E-state index contributed by atoms with van der Waals surface area (Å²) in [4.78, 5) is 12.9. The molecule has 1 N–H and O–H groups in total. The highest BCUT2D eigenvalue weighted by atomic mass is 32.2. The first-order chi connectivity index (χ1) is 14.7. The summed E-state index contributed by atoms with van der Waals surface area (Å²) in [5.74, 6) is -0.533. The van der Waals surface area contributed by atoms with E-state index >= 15 is 0 Å². The zero-order valence-electron chi connectivity index (χ0n) is 20.8. The van der Waals surface area contributed by atoms with Gasteiger partial charge >= 0.3 is 5.16 Å². The number of imidazole rings is 1. The molecular formula is C16H18N4O3S. The van der Waals surface area contributed by atoms with Crippen LogP contribution in [0.5, 0.6) is 11.6 Å². The summed E-state index contributed by atoms with van der Waals surface area (Å²) in [7, 11) is -5.46. The molecule has 0 bridgehead atoms. The molecular weight excluding hydrogens is 328 g/mol. The van der Waals surface area contributed by atoms with Crippen molar-refractivity contribution in [2.75, 3.05) is 14.1 Å². The SMILES string of the molecule is [2H]c1nc(C[S+]([O-])c2nc3nc(OC([2H])([2H])[2H])ccc3n2[2H])c(C)c(OC([2H])([2H])[2H])c1C. The molecule has 24 heavy (non-hydrogen) atoms. The molecule has 0 aliphatic carbocycles. The lowest BCUT2D eigenvalue weighted by atomic mass is 10.1. The van der Waals surface area contributed by atoms with Crippen molar-refractivity contribution in [1.29, 1.82) is 0 Å². The lowest BCUT2D eigenvalue weighted by Gasteiger charge is -2.13. The molecule has 0 saturated carbocycles. The van der Waals surface area contributed by atoms with Crippen LogP contribution in [0.4, 0.5) is 0 Å². The summed E-state index contributed by atoms with van der Waals surface area (Å²) in [5, 5.41) is -0.190. The van der Waals surface area contributed by atoms with Crippen LogP contribution < -0.4 is 9.47 Å². The van der Waals surface area contributed by atoms with Gasteiger partial charge in [-0.05, 0) is 19.9 Å². The summed E-state index contributed by atoms with van der Waals surface area (Å²) < 4.78 is 82.2. The van der Waals surface area contributed by atoms with Gasteiger partial charge in [-0.1, -0.05) is 0 Å². The first-order valence-electron chi connectivity index (χ1n) is 10.7. The van der Waals surface area contributed by atoms with E-state index in [4.69, 9.17) is 20.5 Å². The highest BCUT2D eigenvalue weighted by Gasteiger charge is 2.21. The molecule has 8 heteroatoms. The van der Waals surface area contributed by atoms with Crippen molar-refractivity contribution in [3.63, 3.8) is 0 Å². The highest BCUT2D eigenvalue weighted by Crippen LogP contribution is 2.26. The predicted octanol–water partition coefficient (Wildman–Crippen LogP) is 2.29. The maximum absolute atomic E-state index is 13.0. The van der Waals surface area contributed by atoms with Crippen molar-refractivity contribution in [2.45, 2.75) is 24.8 Å². The average Bonchev–Trinajstić information content (AvgIpc) is 2.97. The van der Waals surface area contributed by atoms with Crippen molar-refractivity contribution < 1.29 is 25.0 Å². The van der Waals surface area contributed by atoms with E-state index in [1.165, 1.54) is 26.0 Å². The minimum Gasteiger partial charge on any atom is -0.609 e. The van der Waals surface area contributed by atoms with Crippen molar-refractivity contribution in [1.82, 2.24) is 19.9 Å². The second kappa shape index (κ2) is 6.66. The number of methoxy groups -OCH3 is 2. The molecule has 1 unspecified atom stereocenters. The average molecular weight is 354 g/mol. The first kappa shape index (κ1) is 9.24. The largest absolute Gasteiger partial charge is 0.609 e. The van der Waals surface area contributed by atoms with Gasteiger partial charge in [0.15, 0.2) is 12.8 Å². The van der Waals surface area contributed by atoms with E-state index in [1.807, 2.05) is 0 Å². The van der Waals surface area contributed by atoms with Gasteiger partial charge in [0.05, 0.1) is 34.9 Å². The Kier molecular flexibility index (Phi) is 2.56. The Bertz CT molecular complexity index is 1170. The fourth-order valence-corrected chi connectivity index (χ4v) is 3.20. The second-order valence-electron chi connectivity index (χ2n) is 4.94. The third-order valence-corrected chi connectivity index (χ3v) is 4.52. The summed E-state index contributed by atoms with van der Waals surface area (Å²) in [6.07, 6.45) is -0.227. The molecule has 1 atom stereocenters. The van der Waals surface area contributed by atoms with E-state index in [-0.39, 0.29) is 51.1 Å². The fraction of sp³-hybridized carbons (Fsp3) is 0.312. The van der Waals surface area contributed by atoms with Gasteiger partial charge in [0.25, 0.3) is 0 Å². The van der Waals surface area contributed by atoms with Crippen molar-refractivity contribution >= 4 is 22.3 Å². The molecule has 0 aromatic carbocycles. The smallest absolute Gasteiger partial charge is 0.323 e. The lowest BCUT2D eigenvalue weighted by Crippen LogP contribution is -2.10. The number of nitrogens with zero attached hydrogens (tertiary/aromatic N) is 3. The molecule has 3 aromatic heterocycles. The monoisotopic (exact) mass is 354 g/mol. The maximum Gasteiger partial charge on any atom is 0.323 e. The van der Waals surface area contributed by atoms with Gasteiger partial charge in [0, 0.05) is 34.5 Å². The topological polar surface area (TPSA) is 96.0 Å². The number of H-pyrrole nitrogens is 1. The Morgan fingerprint density at radius 3 is 2.96 bits per heavy atom. The van der Waals surface area contributed by atoms with Gasteiger partial charge in [-0.3, -0.25) is 9.96 Å². The van der Waals surface area contributed by atoms with Gasteiger partial charge in [-0.25, -0.2) is 0 Å². The van der Waals surface area contributed by atoms with E-state index in [0.717, 1.165) is 4.98 Å². The third-order valence-electron chi connectivity index (χ3n) is 3.40. The highest BCUT2D eigenvalue weighted by molar-refractivity contribution is 7.90. The molecule has 0 aliphatic rings. The van der Waals surface area contributed by atoms with Gasteiger partial charge in [-0.2, -0.15) is 9.97 Å². The normalized spacial score (nSPS) is 18.3. The number of ether oxygens (including phenoxy) is 2. The van der Waals surface area contributed by atoms with Crippen LogP contribution in [0.15, 0.2) is 23.5 Å². The van der Waals surface area contributed by atoms with Crippen LogP contribution in [0.1, 0.15) is 26.4 Å². The second-order valence-corrected chi connectivity index (χ2v) is 6.29. The summed E-state index contributed by atoms with van der Waals surface area (Å²) in [5.41, 5.74) is 0.831. The summed E-state index contributed by atoms with van der Waals surface area (Å²) in [6.45, 7) is 3.04. The van der Waals surface area contributed by atoms with Gasteiger partial charge in [0.2, 0.25) is 5.88 Å². The maximum atomic E-state index is 13.0. The Morgan fingerprint density at radius 2 is 2.17 bits per heavy atom. The molecule has 0 saturated heterocycles. The number of aromatic amines is 1. The Labute approximate surface area is 153 Å². The molecule has 0 aliphatic heterocycles. The molecule has 0 radical (unpaired) electrons.